The van der Waals surface area contributed by atoms with Gasteiger partial charge in [0.1, 0.15) is 0 Å². The van der Waals surface area contributed by atoms with Crippen molar-refractivity contribution < 1.29 is 0 Å². The van der Waals surface area contributed by atoms with Gasteiger partial charge in [-0.3, -0.25) is 9.97 Å². The highest BCUT2D eigenvalue weighted by Crippen LogP contribution is 2.44. The number of benzene rings is 6. The van der Waals surface area contributed by atoms with Crippen molar-refractivity contribution in [2.75, 3.05) is 0 Å². The van der Waals surface area contributed by atoms with E-state index in [0.29, 0.717) is 0 Å². The summed E-state index contributed by atoms with van der Waals surface area (Å²) in [4.78, 5) is 12.6. The minimum Gasteiger partial charge on any atom is -0.354 e. The van der Waals surface area contributed by atoms with Crippen molar-refractivity contribution in [1.82, 2.24) is 15.0 Å². The maximum atomic E-state index is 4.37. The summed E-state index contributed by atoms with van der Waals surface area (Å²) in [5.74, 6) is 0. The van der Waals surface area contributed by atoms with Crippen LogP contribution in [-0.4, -0.2) is 15.0 Å². The van der Waals surface area contributed by atoms with Crippen LogP contribution >= 0.6 is 0 Å². The molecule has 9 rings (SSSR count). The van der Waals surface area contributed by atoms with Gasteiger partial charge >= 0.3 is 0 Å². The van der Waals surface area contributed by atoms with Gasteiger partial charge in [0.25, 0.3) is 0 Å². The Labute approximate surface area is 272 Å². The average molecular weight is 600 g/mol. The highest BCUT2D eigenvalue weighted by atomic mass is 14.7. The molecule has 0 saturated carbocycles. The summed E-state index contributed by atoms with van der Waals surface area (Å²) < 4.78 is 0. The van der Waals surface area contributed by atoms with Crippen molar-refractivity contribution in [3.63, 3.8) is 0 Å². The number of pyridine rings is 2. The summed E-state index contributed by atoms with van der Waals surface area (Å²) >= 11 is 0. The molecule has 0 fully saturated rings. The molecule has 0 radical (unpaired) electrons. The Morgan fingerprint density at radius 1 is 0.383 bits per heavy atom. The van der Waals surface area contributed by atoms with E-state index < -0.39 is 0 Å². The molecular formula is C44H29N3. The predicted molar refractivity (Wildman–Crippen MR) is 196 cm³/mol. The fourth-order valence-corrected chi connectivity index (χ4v) is 6.93. The Morgan fingerprint density at radius 2 is 0.979 bits per heavy atom. The Kier molecular flexibility index (Phi) is 6.46. The van der Waals surface area contributed by atoms with E-state index in [-0.39, 0.29) is 0 Å². The molecule has 0 aliphatic heterocycles. The molecule has 0 amide bonds. The quantitative estimate of drug-likeness (QED) is 0.214. The number of aromatic nitrogens is 3. The topological polar surface area (TPSA) is 41.6 Å². The normalized spacial score (nSPS) is 11.4. The lowest BCUT2D eigenvalue weighted by Gasteiger charge is -2.15. The molecule has 9 aromatic rings. The smallest absolute Gasteiger partial charge is 0.0551 e. The van der Waals surface area contributed by atoms with Crippen LogP contribution in [0.15, 0.2) is 170 Å². The van der Waals surface area contributed by atoms with Gasteiger partial charge in [0.2, 0.25) is 0 Å². The first-order valence-corrected chi connectivity index (χ1v) is 15.9. The average Bonchev–Trinajstić information content (AvgIpc) is 3.53. The standard InChI is InChI=1S/C44H29N3/c1-2-16-37-29(8-1)9-5-17-40(37)43-38(34-13-4-12-32(25-34)36-15-7-23-46-28-36)20-21-41-39-19-18-33(26-42(39)47-44(41)43)30-10-3-11-31(24-30)35-14-6-22-45-27-35/h1-28,47H. The zero-order valence-electron chi connectivity index (χ0n) is 25.6. The van der Waals surface area contributed by atoms with Crippen molar-refractivity contribution in [2.24, 2.45) is 0 Å². The van der Waals surface area contributed by atoms with E-state index in [2.05, 4.69) is 148 Å². The molecule has 0 aliphatic rings. The third-order valence-corrected chi connectivity index (χ3v) is 9.19. The van der Waals surface area contributed by atoms with Crippen LogP contribution < -0.4 is 0 Å². The number of H-pyrrole nitrogens is 1. The van der Waals surface area contributed by atoms with Gasteiger partial charge in [-0.15, -0.1) is 0 Å². The predicted octanol–water partition coefficient (Wildman–Crippen LogP) is 11.6. The van der Waals surface area contributed by atoms with Crippen molar-refractivity contribution in [2.45, 2.75) is 0 Å². The van der Waals surface area contributed by atoms with E-state index in [1.54, 1.807) is 0 Å². The van der Waals surface area contributed by atoms with Crippen molar-refractivity contribution in [1.29, 1.82) is 0 Å². The summed E-state index contributed by atoms with van der Waals surface area (Å²) in [6.45, 7) is 0. The van der Waals surface area contributed by atoms with Crippen LogP contribution in [0.2, 0.25) is 0 Å². The second-order valence-electron chi connectivity index (χ2n) is 12.0. The first kappa shape index (κ1) is 27.0. The SMILES string of the molecule is c1cncc(-c2cccc(-c3ccc4c(c3)[nH]c3c(-c5cccc6ccccc56)c(-c5cccc(-c6cccnc6)c5)ccc34)c2)c1. The largest absolute Gasteiger partial charge is 0.354 e. The third kappa shape index (κ3) is 4.77. The molecule has 3 heterocycles. The second-order valence-corrected chi connectivity index (χ2v) is 12.0. The molecule has 6 aromatic carbocycles. The first-order valence-electron chi connectivity index (χ1n) is 15.9. The van der Waals surface area contributed by atoms with Gasteiger partial charge in [-0.05, 0) is 80.0 Å². The fraction of sp³-hybridized carbons (Fsp3) is 0. The molecule has 3 nitrogen and oxygen atoms in total. The number of fused-ring (bicyclic) bond motifs is 4. The maximum Gasteiger partial charge on any atom is 0.0551 e. The summed E-state index contributed by atoms with van der Waals surface area (Å²) in [6.07, 6.45) is 7.47. The molecule has 0 unspecified atom stereocenters. The summed E-state index contributed by atoms with van der Waals surface area (Å²) in [7, 11) is 0. The summed E-state index contributed by atoms with van der Waals surface area (Å²) in [5, 5.41) is 4.89. The highest BCUT2D eigenvalue weighted by Gasteiger charge is 2.18. The molecular weight excluding hydrogens is 571 g/mol. The molecule has 220 valence electrons. The van der Waals surface area contributed by atoms with Gasteiger partial charge in [-0.25, -0.2) is 0 Å². The third-order valence-electron chi connectivity index (χ3n) is 9.19. The Hall–Kier alpha value is -6.32. The van der Waals surface area contributed by atoms with Crippen LogP contribution in [0.5, 0.6) is 0 Å². The van der Waals surface area contributed by atoms with Crippen molar-refractivity contribution >= 4 is 32.6 Å². The number of hydrogen-bond acceptors (Lipinski definition) is 2. The molecule has 47 heavy (non-hydrogen) atoms. The minimum absolute atomic E-state index is 1.10. The van der Waals surface area contributed by atoms with Gasteiger partial charge in [-0.2, -0.15) is 0 Å². The molecule has 3 heteroatoms. The van der Waals surface area contributed by atoms with E-state index >= 15 is 0 Å². The van der Waals surface area contributed by atoms with E-state index in [1.165, 1.54) is 54.9 Å². The Morgan fingerprint density at radius 3 is 1.72 bits per heavy atom. The van der Waals surface area contributed by atoms with E-state index in [0.717, 1.165) is 33.3 Å². The molecule has 0 bridgehead atoms. The van der Waals surface area contributed by atoms with Crippen LogP contribution in [0, 0.1) is 0 Å². The highest BCUT2D eigenvalue weighted by molar-refractivity contribution is 6.17. The number of nitrogens with zero attached hydrogens (tertiary/aromatic N) is 2. The van der Waals surface area contributed by atoms with Gasteiger partial charge in [0, 0.05) is 57.8 Å². The molecule has 1 N–H and O–H groups in total. The van der Waals surface area contributed by atoms with Crippen LogP contribution in [-0.2, 0) is 0 Å². The zero-order valence-corrected chi connectivity index (χ0v) is 25.6. The van der Waals surface area contributed by atoms with Gasteiger partial charge in [0.05, 0.1) is 5.52 Å². The van der Waals surface area contributed by atoms with E-state index in [1.807, 2.05) is 36.9 Å². The van der Waals surface area contributed by atoms with Gasteiger partial charge in [-0.1, -0.05) is 115 Å². The van der Waals surface area contributed by atoms with Crippen LogP contribution in [0.3, 0.4) is 0 Å². The minimum atomic E-state index is 1.10. The lowest BCUT2D eigenvalue weighted by Crippen LogP contribution is -1.90. The van der Waals surface area contributed by atoms with Crippen LogP contribution in [0.4, 0.5) is 0 Å². The fourth-order valence-electron chi connectivity index (χ4n) is 6.93. The molecule has 0 atom stereocenters. The number of nitrogens with one attached hydrogen (secondary N) is 1. The number of rotatable bonds is 5. The zero-order chi connectivity index (χ0) is 31.2. The summed E-state index contributed by atoms with van der Waals surface area (Å²) in [6, 6.07) is 52.3. The van der Waals surface area contributed by atoms with Gasteiger partial charge in [0.15, 0.2) is 0 Å². The lowest BCUT2D eigenvalue weighted by molar-refractivity contribution is 1.33. The second kappa shape index (κ2) is 11.2. The first-order chi connectivity index (χ1) is 23.3. The van der Waals surface area contributed by atoms with Crippen LogP contribution in [0.1, 0.15) is 0 Å². The lowest BCUT2D eigenvalue weighted by atomic mass is 9.88. The maximum absolute atomic E-state index is 4.37. The van der Waals surface area contributed by atoms with Crippen molar-refractivity contribution in [3.8, 4) is 55.6 Å². The summed E-state index contributed by atoms with van der Waals surface area (Å²) in [5.41, 5.74) is 13.9. The Balaban J connectivity index is 1.27. The van der Waals surface area contributed by atoms with E-state index in [9.17, 15) is 0 Å². The number of aromatic amines is 1. The molecule has 0 saturated heterocycles. The number of hydrogen-bond donors (Lipinski definition) is 1. The van der Waals surface area contributed by atoms with Crippen LogP contribution in [0.25, 0.3) is 88.2 Å². The Bertz CT molecular complexity index is 2560. The molecule has 3 aromatic heterocycles. The van der Waals surface area contributed by atoms with Gasteiger partial charge < -0.3 is 4.98 Å². The monoisotopic (exact) mass is 599 g/mol. The molecule has 0 aliphatic carbocycles. The van der Waals surface area contributed by atoms with Crippen molar-refractivity contribution in [3.05, 3.63) is 170 Å². The van der Waals surface area contributed by atoms with E-state index in [4.69, 9.17) is 0 Å². The molecule has 0 spiro atoms.